The molecule has 3 heterocycles. The van der Waals surface area contributed by atoms with Crippen LogP contribution in [-0.4, -0.2) is 32.3 Å². The van der Waals surface area contributed by atoms with Crippen molar-refractivity contribution in [1.29, 1.82) is 0 Å². The predicted octanol–water partition coefficient (Wildman–Crippen LogP) is 3.59. The van der Waals surface area contributed by atoms with E-state index in [4.69, 9.17) is 4.52 Å². The number of hydrogen-bond donors (Lipinski definition) is 0. The molecule has 0 spiro atoms. The first-order valence-electron chi connectivity index (χ1n) is 9.04. The highest BCUT2D eigenvalue weighted by Gasteiger charge is 2.35. The summed E-state index contributed by atoms with van der Waals surface area (Å²) in [6.45, 7) is 1.62. The molecule has 1 aliphatic rings. The van der Waals surface area contributed by atoms with Crippen molar-refractivity contribution in [2.45, 2.75) is 45.1 Å². The predicted molar refractivity (Wildman–Crippen MR) is 95.7 cm³/mol. The maximum atomic E-state index is 13.2. The number of rotatable bonds is 4. The molecule has 0 saturated carbocycles. The quantitative estimate of drug-likeness (QED) is 0.679. The smallest absolute Gasteiger partial charge is 0.361 e. The molecule has 2 aromatic heterocycles. The molecule has 1 aromatic carbocycles. The fourth-order valence-corrected chi connectivity index (χ4v) is 3.77. The highest BCUT2D eigenvalue weighted by Crippen LogP contribution is 2.33. The Balaban J connectivity index is 1.80. The molecular weight excluding hydrogens is 373 g/mol. The van der Waals surface area contributed by atoms with E-state index in [1.54, 1.807) is 31.3 Å². The van der Waals surface area contributed by atoms with Crippen LogP contribution >= 0.6 is 0 Å². The Hall–Kier alpha value is -2.68. The zero-order chi connectivity index (χ0) is 19.9. The zero-order valence-corrected chi connectivity index (χ0v) is 15.2. The first-order chi connectivity index (χ1) is 13.3. The molecule has 0 amide bonds. The van der Waals surface area contributed by atoms with Gasteiger partial charge in [-0.1, -0.05) is 17.3 Å². The van der Waals surface area contributed by atoms with Gasteiger partial charge in [0.05, 0.1) is 23.1 Å². The van der Waals surface area contributed by atoms with E-state index >= 15 is 0 Å². The topological polar surface area (TPSA) is 64.2 Å². The van der Waals surface area contributed by atoms with Gasteiger partial charge in [0, 0.05) is 12.1 Å². The number of aromatic nitrogens is 3. The Bertz CT molecular complexity index is 1060. The first kappa shape index (κ1) is 18.7. The molecule has 4 rings (SSSR count). The fraction of sp³-hybridized carbons (Fsp3) is 0.421. The molecule has 1 atom stereocenters. The van der Waals surface area contributed by atoms with Gasteiger partial charge in [0.1, 0.15) is 18.1 Å². The van der Waals surface area contributed by atoms with Crippen molar-refractivity contribution in [1.82, 2.24) is 19.6 Å². The molecule has 9 heteroatoms. The van der Waals surface area contributed by atoms with Crippen LogP contribution in [0.5, 0.6) is 0 Å². The van der Waals surface area contributed by atoms with Gasteiger partial charge in [-0.25, -0.2) is 4.98 Å². The van der Waals surface area contributed by atoms with E-state index in [-0.39, 0.29) is 17.3 Å². The van der Waals surface area contributed by atoms with Crippen molar-refractivity contribution in [2.24, 2.45) is 0 Å². The van der Waals surface area contributed by atoms with Gasteiger partial charge < -0.3 is 4.52 Å². The third kappa shape index (κ3) is 3.54. The first-order valence-corrected chi connectivity index (χ1v) is 9.04. The number of para-hydroxylation sites is 1. The third-order valence-corrected chi connectivity index (χ3v) is 5.11. The van der Waals surface area contributed by atoms with E-state index in [1.807, 2.05) is 4.90 Å². The van der Waals surface area contributed by atoms with Gasteiger partial charge in [0.2, 0.25) is 0 Å². The van der Waals surface area contributed by atoms with E-state index in [0.717, 1.165) is 16.6 Å². The highest BCUT2D eigenvalue weighted by molar-refractivity contribution is 5.77. The SMILES string of the molecule is Cc1oncc1CN1CCCC1c1nc2ccccc2c(=O)n1CC(F)(F)F. The second-order valence-electron chi connectivity index (χ2n) is 7.03. The van der Waals surface area contributed by atoms with E-state index in [2.05, 4.69) is 10.1 Å². The lowest BCUT2D eigenvalue weighted by molar-refractivity contribution is -0.142. The average molecular weight is 392 g/mol. The van der Waals surface area contributed by atoms with Crippen LogP contribution < -0.4 is 5.56 Å². The van der Waals surface area contributed by atoms with Crippen molar-refractivity contribution >= 4 is 10.9 Å². The molecule has 1 fully saturated rings. The van der Waals surface area contributed by atoms with Crippen LogP contribution in [0.2, 0.25) is 0 Å². The van der Waals surface area contributed by atoms with Crippen LogP contribution in [0.3, 0.4) is 0 Å². The average Bonchev–Trinajstić information content (AvgIpc) is 3.26. The van der Waals surface area contributed by atoms with Crippen LogP contribution in [0.15, 0.2) is 39.8 Å². The van der Waals surface area contributed by atoms with Crippen LogP contribution in [-0.2, 0) is 13.1 Å². The summed E-state index contributed by atoms with van der Waals surface area (Å²) in [6.07, 6.45) is -1.46. The van der Waals surface area contributed by atoms with E-state index in [0.29, 0.717) is 30.8 Å². The summed E-state index contributed by atoms with van der Waals surface area (Å²) in [6, 6.07) is 6.13. The molecular formula is C19H19F3N4O2. The molecule has 0 N–H and O–H groups in total. The van der Waals surface area contributed by atoms with Crippen LogP contribution in [0.4, 0.5) is 13.2 Å². The lowest BCUT2D eigenvalue weighted by Gasteiger charge is -2.26. The fourth-order valence-electron chi connectivity index (χ4n) is 3.77. The number of alkyl halides is 3. The number of halogens is 3. The Morgan fingerprint density at radius 1 is 1.29 bits per heavy atom. The zero-order valence-electron chi connectivity index (χ0n) is 15.2. The summed E-state index contributed by atoms with van der Waals surface area (Å²) < 4.78 is 45.5. The summed E-state index contributed by atoms with van der Waals surface area (Å²) in [5.74, 6) is 0.831. The molecule has 0 bridgehead atoms. The molecule has 6 nitrogen and oxygen atoms in total. The van der Waals surface area contributed by atoms with Gasteiger partial charge in [0.15, 0.2) is 0 Å². The number of aryl methyl sites for hydroxylation is 1. The van der Waals surface area contributed by atoms with Gasteiger partial charge in [0.25, 0.3) is 5.56 Å². The molecule has 1 aliphatic heterocycles. The number of hydrogen-bond acceptors (Lipinski definition) is 5. The maximum absolute atomic E-state index is 13.2. The Kier molecular flexibility index (Phi) is 4.70. The van der Waals surface area contributed by atoms with Crippen molar-refractivity contribution in [3.63, 3.8) is 0 Å². The standard InChI is InChI=1S/C19H19F3N4O2/c1-12-13(9-23-28-12)10-25-8-4-7-16(25)17-24-15-6-3-2-5-14(15)18(27)26(17)11-19(20,21)22/h2-3,5-6,9,16H,4,7-8,10-11H2,1H3. The monoisotopic (exact) mass is 392 g/mol. The van der Waals surface area contributed by atoms with Gasteiger partial charge in [-0.2, -0.15) is 13.2 Å². The van der Waals surface area contributed by atoms with Crippen LogP contribution in [0, 0.1) is 6.92 Å². The molecule has 148 valence electrons. The number of benzene rings is 1. The van der Waals surface area contributed by atoms with Gasteiger partial charge in [-0.3, -0.25) is 14.3 Å². The molecule has 1 unspecified atom stereocenters. The second-order valence-corrected chi connectivity index (χ2v) is 7.03. The number of likely N-dealkylation sites (tertiary alicyclic amines) is 1. The molecule has 1 saturated heterocycles. The maximum Gasteiger partial charge on any atom is 0.406 e. The molecule has 0 radical (unpaired) electrons. The minimum Gasteiger partial charge on any atom is -0.361 e. The lowest BCUT2D eigenvalue weighted by Crippen LogP contribution is -2.35. The Morgan fingerprint density at radius 3 is 2.79 bits per heavy atom. The lowest BCUT2D eigenvalue weighted by atomic mass is 10.1. The summed E-state index contributed by atoms with van der Waals surface area (Å²) in [5.41, 5.74) is 0.622. The minimum atomic E-state index is -4.52. The number of nitrogens with zero attached hydrogens (tertiary/aromatic N) is 4. The largest absolute Gasteiger partial charge is 0.406 e. The van der Waals surface area contributed by atoms with Gasteiger partial charge in [-0.15, -0.1) is 0 Å². The van der Waals surface area contributed by atoms with Crippen molar-refractivity contribution in [3.05, 3.63) is 58.0 Å². The highest BCUT2D eigenvalue weighted by atomic mass is 19.4. The van der Waals surface area contributed by atoms with Crippen LogP contribution in [0.1, 0.15) is 36.0 Å². The second kappa shape index (κ2) is 7.05. The molecule has 3 aromatic rings. The van der Waals surface area contributed by atoms with Crippen molar-refractivity contribution in [3.8, 4) is 0 Å². The molecule has 28 heavy (non-hydrogen) atoms. The number of fused-ring (bicyclic) bond motifs is 1. The third-order valence-electron chi connectivity index (χ3n) is 5.11. The summed E-state index contributed by atoms with van der Waals surface area (Å²) in [7, 11) is 0. The van der Waals surface area contributed by atoms with Crippen LogP contribution in [0.25, 0.3) is 10.9 Å². The summed E-state index contributed by atoms with van der Waals surface area (Å²) >= 11 is 0. The van der Waals surface area contributed by atoms with Gasteiger partial charge >= 0.3 is 6.18 Å². The minimum absolute atomic E-state index is 0.160. The Morgan fingerprint density at radius 2 is 2.07 bits per heavy atom. The van der Waals surface area contributed by atoms with E-state index in [9.17, 15) is 18.0 Å². The van der Waals surface area contributed by atoms with Crippen molar-refractivity contribution in [2.75, 3.05) is 6.54 Å². The van der Waals surface area contributed by atoms with Gasteiger partial charge in [-0.05, 0) is 38.4 Å². The summed E-state index contributed by atoms with van der Waals surface area (Å²) in [5, 5.41) is 3.95. The van der Waals surface area contributed by atoms with Crippen molar-refractivity contribution < 1.29 is 17.7 Å². The van der Waals surface area contributed by atoms with E-state index < -0.39 is 18.3 Å². The van der Waals surface area contributed by atoms with E-state index in [1.165, 1.54) is 6.07 Å². The molecule has 0 aliphatic carbocycles. The summed E-state index contributed by atoms with van der Waals surface area (Å²) in [4.78, 5) is 19.4. The normalized spacial score (nSPS) is 18.2. The Labute approximate surface area is 158 Å².